The van der Waals surface area contributed by atoms with E-state index in [4.69, 9.17) is 18.3 Å². The summed E-state index contributed by atoms with van der Waals surface area (Å²) >= 11 is 0. The number of hydrogen-bond donors (Lipinski definition) is 0. The van der Waals surface area contributed by atoms with Crippen LogP contribution in [0.2, 0.25) is 0 Å². The van der Waals surface area contributed by atoms with E-state index >= 15 is 0 Å². The van der Waals surface area contributed by atoms with E-state index in [0.29, 0.717) is 50.5 Å². The van der Waals surface area contributed by atoms with E-state index < -0.39 is 11.6 Å². The number of carbonyl (C=O) groups is 1. The Hall–Kier alpha value is -4.32. The molecule has 0 aliphatic carbocycles. The van der Waals surface area contributed by atoms with Crippen molar-refractivity contribution in [3.05, 3.63) is 93.8 Å². The number of esters is 1. The van der Waals surface area contributed by atoms with E-state index in [-0.39, 0.29) is 0 Å². The first-order valence-corrected chi connectivity index (χ1v) is 10.4. The standard InChI is InChI=1S/C27H20O6/c1-15-7-4-5-9-18(15)27(29)33-22-13-19-20(14-25(28)31-23(19)11-16(22)2)24-12-17-8-6-10-21(30-3)26(17)32-24/h4-14H,1-3H3. The Bertz CT molecular complexity index is 1590. The molecule has 0 amide bonds. The Morgan fingerprint density at radius 1 is 0.848 bits per heavy atom. The van der Waals surface area contributed by atoms with Crippen molar-refractivity contribution in [3.63, 3.8) is 0 Å². The first-order chi connectivity index (χ1) is 15.9. The monoisotopic (exact) mass is 440 g/mol. The Morgan fingerprint density at radius 2 is 1.67 bits per heavy atom. The minimum Gasteiger partial charge on any atom is -0.493 e. The number of ether oxygens (including phenoxy) is 2. The molecule has 0 saturated carbocycles. The molecule has 2 aromatic heterocycles. The van der Waals surface area contributed by atoms with Gasteiger partial charge < -0.3 is 18.3 Å². The van der Waals surface area contributed by atoms with Crippen LogP contribution in [0.5, 0.6) is 11.5 Å². The predicted octanol–water partition coefficient (Wildman–Crippen LogP) is 6.05. The molecule has 2 heterocycles. The van der Waals surface area contributed by atoms with Crippen LogP contribution in [0, 0.1) is 13.8 Å². The SMILES string of the molecule is COc1cccc2cc(-c3cc(=O)oc4cc(C)c(OC(=O)c5ccccc5C)cc34)oc12. The van der Waals surface area contributed by atoms with Gasteiger partial charge in [0.1, 0.15) is 17.1 Å². The minimum atomic E-state index is -0.506. The fourth-order valence-electron chi connectivity index (χ4n) is 3.89. The number of benzene rings is 3. The summed E-state index contributed by atoms with van der Waals surface area (Å²) in [5, 5.41) is 1.43. The first-order valence-electron chi connectivity index (χ1n) is 10.4. The molecule has 0 unspecified atom stereocenters. The summed E-state index contributed by atoms with van der Waals surface area (Å²) in [7, 11) is 1.57. The van der Waals surface area contributed by atoms with Gasteiger partial charge in [0.25, 0.3) is 0 Å². The third-order valence-corrected chi connectivity index (χ3v) is 5.60. The zero-order chi connectivity index (χ0) is 23.1. The zero-order valence-electron chi connectivity index (χ0n) is 18.3. The summed E-state index contributed by atoms with van der Waals surface area (Å²) in [6.07, 6.45) is 0. The van der Waals surface area contributed by atoms with Crippen LogP contribution >= 0.6 is 0 Å². The normalized spacial score (nSPS) is 11.1. The van der Waals surface area contributed by atoms with E-state index in [1.165, 1.54) is 6.07 Å². The maximum Gasteiger partial charge on any atom is 0.343 e. The molecular weight excluding hydrogens is 420 g/mol. The summed E-state index contributed by atoms with van der Waals surface area (Å²) in [6.45, 7) is 3.64. The molecule has 6 heteroatoms. The van der Waals surface area contributed by atoms with E-state index in [1.54, 1.807) is 44.4 Å². The molecule has 3 aromatic carbocycles. The van der Waals surface area contributed by atoms with Gasteiger partial charge in [0.2, 0.25) is 0 Å². The highest BCUT2D eigenvalue weighted by Crippen LogP contribution is 2.37. The fourth-order valence-corrected chi connectivity index (χ4v) is 3.89. The van der Waals surface area contributed by atoms with Crippen molar-refractivity contribution in [2.24, 2.45) is 0 Å². The van der Waals surface area contributed by atoms with Crippen LogP contribution in [0.15, 0.2) is 80.4 Å². The van der Waals surface area contributed by atoms with Gasteiger partial charge in [0.15, 0.2) is 11.3 Å². The molecule has 0 spiro atoms. The molecular formula is C27H20O6. The molecule has 33 heavy (non-hydrogen) atoms. The van der Waals surface area contributed by atoms with Crippen LogP contribution in [0.4, 0.5) is 0 Å². The average Bonchev–Trinajstić information content (AvgIpc) is 3.24. The lowest BCUT2D eigenvalue weighted by Crippen LogP contribution is -2.11. The number of hydrogen-bond acceptors (Lipinski definition) is 6. The highest BCUT2D eigenvalue weighted by atomic mass is 16.5. The van der Waals surface area contributed by atoms with Gasteiger partial charge in [-0.05, 0) is 55.3 Å². The van der Waals surface area contributed by atoms with Crippen LogP contribution in [0.25, 0.3) is 33.3 Å². The van der Waals surface area contributed by atoms with Gasteiger partial charge in [0.05, 0.1) is 12.7 Å². The van der Waals surface area contributed by atoms with Crippen molar-refractivity contribution in [1.82, 2.24) is 0 Å². The topological polar surface area (TPSA) is 78.9 Å². The maximum atomic E-state index is 12.8. The molecule has 5 rings (SSSR count). The third-order valence-electron chi connectivity index (χ3n) is 5.60. The molecule has 0 fully saturated rings. The molecule has 0 aliphatic rings. The number of aryl methyl sites for hydroxylation is 2. The second-order valence-corrected chi connectivity index (χ2v) is 7.79. The van der Waals surface area contributed by atoms with Gasteiger partial charge in [-0.3, -0.25) is 0 Å². The van der Waals surface area contributed by atoms with Crippen LogP contribution in [-0.4, -0.2) is 13.1 Å². The van der Waals surface area contributed by atoms with Crippen LogP contribution in [0.1, 0.15) is 21.5 Å². The predicted molar refractivity (Wildman–Crippen MR) is 125 cm³/mol. The number of furan rings is 1. The van der Waals surface area contributed by atoms with Crippen molar-refractivity contribution in [2.45, 2.75) is 13.8 Å². The summed E-state index contributed by atoms with van der Waals surface area (Å²) in [5.41, 5.74) is 2.95. The Morgan fingerprint density at radius 3 is 2.45 bits per heavy atom. The van der Waals surface area contributed by atoms with Crippen molar-refractivity contribution in [2.75, 3.05) is 7.11 Å². The molecule has 0 bridgehead atoms. The molecule has 0 radical (unpaired) electrons. The minimum absolute atomic E-state index is 0.373. The average molecular weight is 440 g/mol. The first kappa shape index (κ1) is 20.6. The van der Waals surface area contributed by atoms with Gasteiger partial charge in [-0.2, -0.15) is 0 Å². The van der Waals surface area contributed by atoms with Crippen molar-refractivity contribution in [1.29, 1.82) is 0 Å². The summed E-state index contributed by atoms with van der Waals surface area (Å²) in [5.74, 6) is 0.990. The van der Waals surface area contributed by atoms with E-state index in [9.17, 15) is 9.59 Å². The fraction of sp³-hybridized carbons (Fsp3) is 0.111. The lowest BCUT2D eigenvalue weighted by Gasteiger charge is -2.11. The van der Waals surface area contributed by atoms with E-state index in [1.807, 2.05) is 37.3 Å². The smallest absolute Gasteiger partial charge is 0.343 e. The lowest BCUT2D eigenvalue weighted by molar-refractivity contribution is 0.0733. The molecule has 5 aromatic rings. The van der Waals surface area contributed by atoms with Gasteiger partial charge in [-0.25, -0.2) is 9.59 Å². The van der Waals surface area contributed by atoms with E-state index in [0.717, 1.165) is 10.9 Å². The molecule has 0 saturated heterocycles. The Kier molecular flexibility index (Phi) is 4.98. The molecule has 6 nitrogen and oxygen atoms in total. The molecule has 0 atom stereocenters. The second kappa shape index (κ2) is 7.98. The highest BCUT2D eigenvalue weighted by molar-refractivity contribution is 5.98. The summed E-state index contributed by atoms with van der Waals surface area (Å²) in [4.78, 5) is 25.1. The quantitative estimate of drug-likeness (QED) is 0.192. The van der Waals surface area contributed by atoms with Crippen molar-refractivity contribution >= 4 is 27.9 Å². The third kappa shape index (κ3) is 3.65. The molecule has 0 aliphatic heterocycles. The molecule has 164 valence electrons. The highest BCUT2D eigenvalue weighted by Gasteiger charge is 2.18. The molecule has 0 N–H and O–H groups in total. The Labute approximate surface area is 189 Å². The van der Waals surface area contributed by atoms with Gasteiger partial charge in [0, 0.05) is 22.4 Å². The largest absolute Gasteiger partial charge is 0.493 e. The number of carbonyl (C=O) groups excluding carboxylic acids is 1. The summed E-state index contributed by atoms with van der Waals surface area (Å²) in [6, 6.07) is 19.4. The van der Waals surface area contributed by atoms with Gasteiger partial charge in [-0.1, -0.05) is 30.3 Å². The zero-order valence-corrected chi connectivity index (χ0v) is 18.3. The lowest BCUT2D eigenvalue weighted by atomic mass is 10.0. The van der Waals surface area contributed by atoms with Crippen LogP contribution in [-0.2, 0) is 0 Å². The van der Waals surface area contributed by atoms with E-state index in [2.05, 4.69) is 0 Å². The Balaban J connectivity index is 1.65. The number of methoxy groups -OCH3 is 1. The summed E-state index contributed by atoms with van der Waals surface area (Å²) < 4.78 is 22.6. The van der Waals surface area contributed by atoms with Crippen molar-refractivity contribution < 1.29 is 23.1 Å². The van der Waals surface area contributed by atoms with Crippen LogP contribution in [0.3, 0.4) is 0 Å². The number of para-hydroxylation sites is 1. The van der Waals surface area contributed by atoms with Crippen LogP contribution < -0.4 is 15.1 Å². The number of fused-ring (bicyclic) bond motifs is 2. The maximum absolute atomic E-state index is 12.8. The van der Waals surface area contributed by atoms with Gasteiger partial charge >= 0.3 is 11.6 Å². The second-order valence-electron chi connectivity index (χ2n) is 7.79. The van der Waals surface area contributed by atoms with Crippen molar-refractivity contribution in [3.8, 4) is 22.8 Å². The number of rotatable bonds is 4. The van der Waals surface area contributed by atoms with Gasteiger partial charge in [-0.15, -0.1) is 0 Å².